The van der Waals surface area contributed by atoms with Crippen molar-refractivity contribution >= 4 is 23.5 Å². The molecule has 2 aromatic rings. The zero-order valence-electron chi connectivity index (χ0n) is 13.0. The summed E-state index contributed by atoms with van der Waals surface area (Å²) in [4.78, 5) is 23.1. The minimum Gasteiger partial charge on any atom is -0.496 e. The molecule has 0 bridgehead atoms. The Bertz CT molecular complexity index is 748. The highest BCUT2D eigenvalue weighted by atomic mass is 35.5. The van der Waals surface area contributed by atoms with Crippen LogP contribution in [0.4, 0.5) is 0 Å². The molecule has 7 heteroatoms. The van der Waals surface area contributed by atoms with E-state index in [0.717, 1.165) is 0 Å². The van der Waals surface area contributed by atoms with Gasteiger partial charge in [0.25, 0.3) is 5.91 Å². The Kier molecular flexibility index (Phi) is 6.03. The Hall–Kier alpha value is -2.73. The average Bonchev–Trinajstić information content (AvgIpc) is 2.58. The van der Waals surface area contributed by atoms with Crippen LogP contribution >= 0.6 is 11.6 Å². The highest BCUT2D eigenvalue weighted by Crippen LogP contribution is 2.25. The number of hydrogen-bond acceptors (Lipinski definition) is 5. The standard InChI is InChI=1S/C17H16ClNO5/c1-22-14-7-6-12(18)8-11(14)9-24-17(21)13-4-2-3-5-15(13)23-10-16(19)20/h2-8H,9-10H2,1H3,(H2,19,20). The topological polar surface area (TPSA) is 87.8 Å². The molecule has 0 atom stereocenters. The number of carbonyl (C=O) groups is 2. The summed E-state index contributed by atoms with van der Waals surface area (Å²) in [5, 5.41) is 0.507. The molecule has 0 spiro atoms. The molecule has 0 unspecified atom stereocenters. The van der Waals surface area contributed by atoms with E-state index in [1.807, 2.05) is 0 Å². The summed E-state index contributed by atoms with van der Waals surface area (Å²) in [6, 6.07) is 11.4. The second kappa shape index (κ2) is 8.21. The summed E-state index contributed by atoms with van der Waals surface area (Å²) in [7, 11) is 1.52. The lowest BCUT2D eigenvalue weighted by atomic mass is 10.2. The van der Waals surface area contributed by atoms with Gasteiger partial charge in [-0.15, -0.1) is 0 Å². The number of hydrogen-bond donors (Lipinski definition) is 1. The summed E-state index contributed by atoms with van der Waals surface area (Å²) >= 11 is 5.94. The number of para-hydroxylation sites is 1. The number of benzene rings is 2. The van der Waals surface area contributed by atoms with Crippen molar-refractivity contribution in [1.82, 2.24) is 0 Å². The van der Waals surface area contributed by atoms with E-state index < -0.39 is 11.9 Å². The SMILES string of the molecule is COc1ccc(Cl)cc1COC(=O)c1ccccc1OCC(N)=O. The fourth-order valence-corrected chi connectivity index (χ4v) is 2.19. The van der Waals surface area contributed by atoms with Crippen molar-refractivity contribution in [1.29, 1.82) is 0 Å². The molecule has 0 fully saturated rings. The van der Waals surface area contributed by atoms with E-state index in [2.05, 4.69) is 0 Å². The van der Waals surface area contributed by atoms with Gasteiger partial charge in [0.1, 0.15) is 23.7 Å². The average molecular weight is 350 g/mol. The van der Waals surface area contributed by atoms with E-state index in [1.54, 1.807) is 36.4 Å². The van der Waals surface area contributed by atoms with Crippen molar-refractivity contribution < 1.29 is 23.8 Å². The van der Waals surface area contributed by atoms with Crippen molar-refractivity contribution in [2.75, 3.05) is 13.7 Å². The fourth-order valence-electron chi connectivity index (χ4n) is 1.99. The van der Waals surface area contributed by atoms with Crippen LogP contribution in [0.1, 0.15) is 15.9 Å². The van der Waals surface area contributed by atoms with E-state index >= 15 is 0 Å². The van der Waals surface area contributed by atoms with Gasteiger partial charge in [-0.1, -0.05) is 23.7 Å². The Balaban J connectivity index is 2.10. The normalized spacial score (nSPS) is 10.1. The van der Waals surface area contributed by atoms with Gasteiger partial charge in [-0.05, 0) is 30.3 Å². The number of nitrogens with two attached hydrogens (primary N) is 1. The monoisotopic (exact) mass is 349 g/mol. The quantitative estimate of drug-likeness (QED) is 0.776. The number of halogens is 1. The van der Waals surface area contributed by atoms with Crippen molar-refractivity contribution in [2.24, 2.45) is 5.73 Å². The summed E-state index contributed by atoms with van der Waals surface area (Å²) in [6.45, 7) is -0.348. The molecule has 2 rings (SSSR count). The molecule has 0 aliphatic heterocycles. The predicted octanol–water partition coefficient (Wildman–Crippen LogP) is 2.57. The molecule has 0 saturated heterocycles. The van der Waals surface area contributed by atoms with Gasteiger partial charge in [-0.25, -0.2) is 4.79 Å². The minimum absolute atomic E-state index is 0.0211. The highest BCUT2D eigenvalue weighted by molar-refractivity contribution is 6.30. The molecule has 1 amide bonds. The van der Waals surface area contributed by atoms with Crippen LogP contribution in [0.3, 0.4) is 0 Å². The van der Waals surface area contributed by atoms with Gasteiger partial charge in [0, 0.05) is 10.6 Å². The molecule has 2 N–H and O–H groups in total. The third kappa shape index (κ3) is 4.63. The Morgan fingerprint density at radius 2 is 1.88 bits per heavy atom. The number of rotatable bonds is 7. The molecule has 2 aromatic carbocycles. The first-order chi connectivity index (χ1) is 11.5. The summed E-state index contributed by atoms with van der Waals surface area (Å²) < 4.78 is 15.7. The number of amides is 1. The lowest BCUT2D eigenvalue weighted by Gasteiger charge is -2.12. The summed E-state index contributed by atoms with van der Waals surface area (Å²) in [5.74, 6) is -0.455. The first kappa shape index (κ1) is 17.6. The molecule has 0 heterocycles. The fraction of sp³-hybridized carbons (Fsp3) is 0.176. The van der Waals surface area contributed by atoms with Crippen molar-refractivity contribution in [3.8, 4) is 11.5 Å². The van der Waals surface area contributed by atoms with Gasteiger partial charge in [-0.3, -0.25) is 4.79 Å². The summed E-state index contributed by atoms with van der Waals surface area (Å²) in [6.07, 6.45) is 0. The van der Waals surface area contributed by atoms with Crippen LogP contribution in [0.2, 0.25) is 5.02 Å². The zero-order valence-corrected chi connectivity index (χ0v) is 13.7. The largest absolute Gasteiger partial charge is 0.496 e. The molecule has 126 valence electrons. The molecular formula is C17H16ClNO5. The Morgan fingerprint density at radius 1 is 1.12 bits per heavy atom. The lowest BCUT2D eigenvalue weighted by molar-refractivity contribution is -0.119. The maximum Gasteiger partial charge on any atom is 0.342 e. The molecule has 0 aromatic heterocycles. The third-order valence-corrected chi connectivity index (χ3v) is 3.31. The van der Waals surface area contributed by atoms with E-state index in [-0.39, 0.29) is 24.5 Å². The van der Waals surface area contributed by atoms with Crippen LogP contribution in [0.25, 0.3) is 0 Å². The lowest BCUT2D eigenvalue weighted by Crippen LogP contribution is -2.21. The van der Waals surface area contributed by atoms with Crippen LogP contribution in [-0.4, -0.2) is 25.6 Å². The van der Waals surface area contributed by atoms with Crippen LogP contribution in [0.5, 0.6) is 11.5 Å². The number of carbonyl (C=O) groups excluding carboxylic acids is 2. The maximum atomic E-state index is 12.3. The highest BCUT2D eigenvalue weighted by Gasteiger charge is 2.15. The van der Waals surface area contributed by atoms with Crippen LogP contribution in [-0.2, 0) is 16.1 Å². The van der Waals surface area contributed by atoms with Crippen LogP contribution in [0, 0.1) is 0 Å². The van der Waals surface area contributed by atoms with Gasteiger partial charge in [0.15, 0.2) is 6.61 Å². The Morgan fingerprint density at radius 3 is 2.58 bits per heavy atom. The van der Waals surface area contributed by atoms with Crippen molar-refractivity contribution in [2.45, 2.75) is 6.61 Å². The Labute approximate surface area is 144 Å². The van der Waals surface area contributed by atoms with Gasteiger partial charge >= 0.3 is 5.97 Å². The summed E-state index contributed by atoms with van der Waals surface area (Å²) in [5.41, 5.74) is 5.87. The molecule has 24 heavy (non-hydrogen) atoms. The first-order valence-corrected chi connectivity index (χ1v) is 7.38. The van der Waals surface area contributed by atoms with E-state index in [4.69, 9.17) is 31.5 Å². The zero-order chi connectivity index (χ0) is 17.5. The molecule has 0 saturated carbocycles. The van der Waals surface area contributed by atoms with Crippen LogP contribution in [0.15, 0.2) is 42.5 Å². The van der Waals surface area contributed by atoms with Crippen LogP contribution < -0.4 is 15.2 Å². The molecule has 0 radical (unpaired) electrons. The van der Waals surface area contributed by atoms with E-state index in [9.17, 15) is 9.59 Å². The van der Waals surface area contributed by atoms with Crippen molar-refractivity contribution in [3.63, 3.8) is 0 Å². The third-order valence-electron chi connectivity index (χ3n) is 3.08. The number of primary amides is 1. The first-order valence-electron chi connectivity index (χ1n) is 7.01. The molecule has 0 aliphatic carbocycles. The number of esters is 1. The predicted molar refractivity (Wildman–Crippen MR) is 88.3 cm³/mol. The second-order valence-corrected chi connectivity index (χ2v) is 5.22. The van der Waals surface area contributed by atoms with E-state index in [1.165, 1.54) is 13.2 Å². The number of ether oxygens (including phenoxy) is 3. The van der Waals surface area contributed by atoms with Gasteiger partial charge in [0.2, 0.25) is 0 Å². The smallest absolute Gasteiger partial charge is 0.342 e. The molecular weight excluding hydrogens is 334 g/mol. The van der Waals surface area contributed by atoms with Crippen molar-refractivity contribution in [3.05, 3.63) is 58.6 Å². The molecule has 0 aliphatic rings. The van der Waals surface area contributed by atoms with Gasteiger partial charge in [0.05, 0.1) is 7.11 Å². The van der Waals surface area contributed by atoms with Gasteiger partial charge in [-0.2, -0.15) is 0 Å². The second-order valence-electron chi connectivity index (χ2n) is 4.78. The van der Waals surface area contributed by atoms with E-state index in [0.29, 0.717) is 16.3 Å². The minimum atomic E-state index is -0.637. The maximum absolute atomic E-state index is 12.3. The van der Waals surface area contributed by atoms with Gasteiger partial charge < -0.3 is 19.9 Å². The number of methoxy groups -OCH3 is 1. The molecule has 6 nitrogen and oxygen atoms in total.